The number of rotatable bonds is 10. The van der Waals surface area contributed by atoms with Gasteiger partial charge in [0.15, 0.2) is 0 Å². The lowest BCUT2D eigenvalue weighted by atomic mass is 10.1. The quantitative estimate of drug-likeness (QED) is 0.414. The lowest BCUT2D eigenvalue weighted by molar-refractivity contribution is 0.107. The molecule has 0 fully saturated rings. The number of anilines is 1. The number of nitrogens with zero attached hydrogens (tertiary/aromatic N) is 1. The fourth-order valence-electron chi connectivity index (χ4n) is 3.10. The van der Waals surface area contributed by atoms with Gasteiger partial charge in [0.25, 0.3) is 0 Å². The predicted octanol–water partition coefficient (Wildman–Crippen LogP) is 3.01. The van der Waals surface area contributed by atoms with Crippen LogP contribution in [0.2, 0.25) is 0 Å². The van der Waals surface area contributed by atoms with Gasteiger partial charge in [-0.3, -0.25) is 5.10 Å². The van der Waals surface area contributed by atoms with E-state index in [2.05, 4.69) is 52.9 Å². The van der Waals surface area contributed by atoms with Crippen LogP contribution in [-0.2, 0) is 0 Å². The highest BCUT2D eigenvalue weighted by molar-refractivity contribution is 5.84. The second-order valence-corrected chi connectivity index (χ2v) is 6.80. The van der Waals surface area contributed by atoms with Crippen LogP contribution in [0.4, 0.5) is 5.69 Å². The molecule has 0 amide bonds. The summed E-state index contributed by atoms with van der Waals surface area (Å²) < 4.78 is 5.74. The molecule has 1 atom stereocenters. The number of aliphatic hydroxyl groups is 1. The molecule has 0 spiro atoms. The summed E-state index contributed by atoms with van der Waals surface area (Å²) in [5.41, 5.74) is 4.68. The van der Waals surface area contributed by atoms with Crippen LogP contribution in [0, 0.1) is 13.8 Å². The minimum absolute atomic E-state index is 0.248. The maximum Gasteiger partial charge on any atom is 0.130 e. The van der Waals surface area contributed by atoms with Gasteiger partial charge in [0.2, 0.25) is 0 Å². The first-order valence-electron chi connectivity index (χ1n) is 9.39. The second-order valence-electron chi connectivity index (χ2n) is 6.80. The van der Waals surface area contributed by atoms with E-state index >= 15 is 0 Å². The van der Waals surface area contributed by atoms with Gasteiger partial charge in [0, 0.05) is 18.8 Å². The molecule has 4 N–H and O–H groups in total. The Morgan fingerprint density at radius 1 is 1.11 bits per heavy atom. The molecule has 1 unspecified atom stereocenters. The van der Waals surface area contributed by atoms with Crippen LogP contribution in [0.5, 0.6) is 5.75 Å². The van der Waals surface area contributed by atoms with Gasteiger partial charge in [-0.05, 0) is 50.1 Å². The van der Waals surface area contributed by atoms with Crippen LogP contribution in [-0.4, -0.2) is 47.6 Å². The van der Waals surface area contributed by atoms with Crippen molar-refractivity contribution in [3.8, 4) is 5.75 Å². The van der Waals surface area contributed by atoms with Crippen molar-refractivity contribution in [3.63, 3.8) is 0 Å². The summed E-state index contributed by atoms with van der Waals surface area (Å²) in [6, 6.07) is 12.1. The summed E-state index contributed by atoms with van der Waals surface area (Å²) in [7, 11) is 0. The van der Waals surface area contributed by atoms with Crippen molar-refractivity contribution in [2.45, 2.75) is 26.4 Å². The standard InChI is InChI=1S/C21H28N4O2/c1-15-6-3-7-16(2)21(15)23-11-5-10-22-12-17(26)14-27-20-9-4-8-19-18(20)13-24-25-19/h3-4,6-9,13,17,22-23,26H,5,10-12,14H2,1-2H3,(H,24,25). The monoisotopic (exact) mass is 368 g/mol. The summed E-state index contributed by atoms with van der Waals surface area (Å²) in [6.07, 6.45) is 2.16. The molecule has 0 bridgehead atoms. The average Bonchev–Trinajstić information content (AvgIpc) is 3.14. The van der Waals surface area contributed by atoms with Gasteiger partial charge in [-0.2, -0.15) is 5.10 Å². The molecule has 6 nitrogen and oxygen atoms in total. The van der Waals surface area contributed by atoms with Gasteiger partial charge >= 0.3 is 0 Å². The van der Waals surface area contributed by atoms with Crippen LogP contribution in [0.1, 0.15) is 17.5 Å². The third kappa shape index (κ3) is 5.21. The number of aromatic nitrogens is 2. The van der Waals surface area contributed by atoms with Gasteiger partial charge in [-0.25, -0.2) is 0 Å². The zero-order valence-electron chi connectivity index (χ0n) is 16.0. The second kappa shape index (κ2) is 9.39. The maximum absolute atomic E-state index is 10.1. The molecule has 0 aliphatic carbocycles. The first kappa shape index (κ1) is 19.2. The first-order chi connectivity index (χ1) is 13.1. The summed E-state index contributed by atoms with van der Waals surface area (Å²) in [6.45, 7) is 6.73. The average molecular weight is 368 g/mol. The van der Waals surface area contributed by atoms with Crippen molar-refractivity contribution < 1.29 is 9.84 Å². The molecule has 1 aromatic heterocycles. The van der Waals surface area contributed by atoms with Gasteiger partial charge in [-0.1, -0.05) is 24.3 Å². The van der Waals surface area contributed by atoms with Crippen molar-refractivity contribution in [1.82, 2.24) is 15.5 Å². The molecule has 2 aromatic carbocycles. The van der Waals surface area contributed by atoms with E-state index < -0.39 is 6.10 Å². The molecule has 0 saturated carbocycles. The molecule has 144 valence electrons. The Hall–Kier alpha value is -2.57. The van der Waals surface area contributed by atoms with E-state index in [0.29, 0.717) is 6.54 Å². The van der Waals surface area contributed by atoms with Crippen molar-refractivity contribution in [1.29, 1.82) is 0 Å². The third-order valence-electron chi connectivity index (χ3n) is 4.57. The first-order valence-corrected chi connectivity index (χ1v) is 9.39. The van der Waals surface area contributed by atoms with E-state index in [4.69, 9.17) is 4.74 Å². The van der Waals surface area contributed by atoms with E-state index in [1.165, 1.54) is 16.8 Å². The van der Waals surface area contributed by atoms with Crippen LogP contribution in [0.3, 0.4) is 0 Å². The summed E-state index contributed by atoms with van der Waals surface area (Å²) in [5.74, 6) is 0.734. The lowest BCUT2D eigenvalue weighted by Crippen LogP contribution is -2.32. The van der Waals surface area contributed by atoms with Crippen LogP contribution in [0.15, 0.2) is 42.6 Å². The number of para-hydroxylation sites is 1. The number of fused-ring (bicyclic) bond motifs is 1. The van der Waals surface area contributed by atoms with Crippen LogP contribution < -0.4 is 15.4 Å². The number of hydrogen-bond acceptors (Lipinski definition) is 5. The largest absolute Gasteiger partial charge is 0.490 e. The van der Waals surface area contributed by atoms with Crippen LogP contribution >= 0.6 is 0 Å². The van der Waals surface area contributed by atoms with Gasteiger partial charge in [0.1, 0.15) is 18.5 Å². The fraction of sp³-hybridized carbons (Fsp3) is 0.381. The molecular formula is C21H28N4O2. The maximum atomic E-state index is 10.1. The van der Waals surface area contributed by atoms with Crippen molar-refractivity contribution in [2.75, 3.05) is 31.6 Å². The van der Waals surface area contributed by atoms with Gasteiger partial charge in [0.05, 0.1) is 17.1 Å². The number of hydrogen-bond donors (Lipinski definition) is 4. The predicted molar refractivity (Wildman–Crippen MR) is 109 cm³/mol. The van der Waals surface area contributed by atoms with Gasteiger partial charge in [-0.15, -0.1) is 0 Å². The van der Waals surface area contributed by atoms with Crippen molar-refractivity contribution >= 4 is 16.6 Å². The van der Waals surface area contributed by atoms with E-state index in [9.17, 15) is 5.11 Å². The van der Waals surface area contributed by atoms with Crippen molar-refractivity contribution in [2.24, 2.45) is 0 Å². The Kier molecular flexibility index (Phi) is 6.68. The highest BCUT2D eigenvalue weighted by Crippen LogP contribution is 2.23. The third-order valence-corrected chi connectivity index (χ3v) is 4.57. The van der Waals surface area contributed by atoms with Gasteiger partial charge < -0.3 is 20.5 Å². The normalized spacial score (nSPS) is 12.3. The Bertz CT molecular complexity index is 842. The Labute approximate surface area is 159 Å². The molecule has 0 radical (unpaired) electrons. The molecule has 0 saturated heterocycles. The summed E-state index contributed by atoms with van der Waals surface area (Å²) in [4.78, 5) is 0. The lowest BCUT2D eigenvalue weighted by Gasteiger charge is -2.15. The Morgan fingerprint density at radius 3 is 2.70 bits per heavy atom. The minimum Gasteiger partial charge on any atom is -0.490 e. The number of ether oxygens (including phenoxy) is 1. The van der Waals surface area contributed by atoms with E-state index in [0.717, 1.165) is 36.2 Å². The molecule has 3 aromatic rings. The summed E-state index contributed by atoms with van der Waals surface area (Å²) >= 11 is 0. The van der Waals surface area contributed by atoms with Crippen LogP contribution in [0.25, 0.3) is 10.9 Å². The number of aliphatic hydroxyl groups excluding tert-OH is 1. The Balaban J connectivity index is 1.32. The molecule has 27 heavy (non-hydrogen) atoms. The SMILES string of the molecule is Cc1cccc(C)c1NCCCNCC(O)COc1cccc2[nH]ncc12. The number of benzene rings is 2. The van der Waals surface area contributed by atoms with E-state index in [1.54, 1.807) is 6.20 Å². The highest BCUT2D eigenvalue weighted by atomic mass is 16.5. The minimum atomic E-state index is -0.557. The molecular weight excluding hydrogens is 340 g/mol. The topological polar surface area (TPSA) is 82.2 Å². The zero-order chi connectivity index (χ0) is 19.1. The van der Waals surface area contributed by atoms with E-state index in [1.807, 2.05) is 18.2 Å². The number of aromatic amines is 1. The summed E-state index contributed by atoms with van der Waals surface area (Å²) in [5, 5.41) is 24.7. The zero-order valence-corrected chi connectivity index (χ0v) is 16.0. The number of H-pyrrole nitrogens is 1. The molecule has 0 aliphatic heterocycles. The van der Waals surface area contributed by atoms with Crippen molar-refractivity contribution in [3.05, 3.63) is 53.7 Å². The highest BCUT2D eigenvalue weighted by Gasteiger charge is 2.08. The fourth-order valence-corrected chi connectivity index (χ4v) is 3.10. The smallest absolute Gasteiger partial charge is 0.130 e. The van der Waals surface area contributed by atoms with E-state index in [-0.39, 0.29) is 6.61 Å². The Morgan fingerprint density at radius 2 is 1.89 bits per heavy atom. The number of nitrogens with one attached hydrogen (secondary N) is 3. The number of aryl methyl sites for hydroxylation is 2. The molecule has 6 heteroatoms. The molecule has 0 aliphatic rings. The molecule has 1 heterocycles. The molecule has 3 rings (SSSR count).